The summed E-state index contributed by atoms with van der Waals surface area (Å²) in [5.41, 5.74) is 0. The van der Waals surface area contributed by atoms with E-state index in [0.29, 0.717) is 6.42 Å². The SMILES string of the molecule is CCCCCC(=O)n1ccnc1. The molecule has 0 N–H and O–H groups in total. The van der Waals surface area contributed by atoms with E-state index >= 15 is 0 Å². The first kappa shape index (κ1) is 8.97. The number of aromatic nitrogens is 2. The van der Waals surface area contributed by atoms with E-state index in [1.807, 2.05) is 0 Å². The lowest BCUT2D eigenvalue weighted by Gasteiger charge is -1.98. The average molecular weight is 166 g/mol. The highest BCUT2D eigenvalue weighted by Crippen LogP contribution is 2.01. The minimum Gasteiger partial charge on any atom is -0.276 e. The molecule has 1 aromatic rings. The minimum absolute atomic E-state index is 0.140. The average Bonchev–Trinajstić information content (AvgIpc) is 2.56. The molecule has 0 aliphatic rings. The maximum absolute atomic E-state index is 11.3. The maximum Gasteiger partial charge on any atom is 0.231 e. The van der Waals surface area contributed by atoms with Crippen molar-refractivity contribution >= 4 is 5.91 Å². The van der Waals surface area contributed by atoms with Gasteiger partial charge >= 0.3 is 0 Å². The number of carbonyl (C=O) groups is 1. The number of nitrogens with zero attached hydrogens (tertiary/aromatic N) is 2. The van der Waals surface area contributed by atoms with Gasteiger partial charge in [0.1, 0.15) is 6.33 Å². The van der Waals surface area contributed by atoms with Crippen molar-refractivity contribution in [2.75, 3.05) is 0 Å². The summed E-state index contributed by atoms with van der Waals surface area (Å²) in [7, 11) is 0. The molecule has 1 aromatic heterocycles. The molecule has 0 atom stereocenters. The van der Waals surface area contributed by atoms with Gasteiger partial charge in [-0.2, -0.15) is 0 Å². The molecule has 1 rings (SSSR count). The van der Waals surface area contributed by atoms with Crippen LogP contribution < -0.4 is 0 Å². The fourth-order valence-electron chi connectivity index (χ4n) is 1.06. The Morgan fingerprint density at radius 2 is 2.33 bits per heavy atom. The molecule has 3 heteroatoms. The largest absolute Gasteiger partial charge is 0.276 e. The Morgan fingerprint density at radius 1 is 1.50 bits per heavy atom. The molecule has 0 amide bonds. The van der Waals surface area contributed by atoms with E-state index in [0.717, 1.165) is 19.3 Å². The van der Waals surface area contributed by atoms with E-state index in [9.17, 15) is 4.79 Å². The predicted molar refractivity (Wildman–Crippen MR) is 47.0 cm³/mol. The maximum atomic E-state index is 11.3. The summed E-state index contributed by atoms with van der Waals surface area (Å²) in [6.45, 7) is 2.13. The summed E-state index contributed by atoms with van der Waals surface area (Å²) in [6, 6.07) is 0. The van der Waals surface area contributed by atoms with Crippen LogP contribution in [0.3, 0.4) is 0 Å². The summed E-state index contributed by atoms with van der Waals surface area (Å²) in [5.74, 6) is 0.140. The molecule has 0 saturated heterocycles. The van der Waals surface area contributed by atoms with Gasteiger partial charge in [0.2, 0.25) is 5.91 Å². The lowest BCUT2D eigenvalue weighted by atomic mass is 10.2. The zero-order valence-corrected chi connectivity index (χ0v) is 7.36. The molecular weight excluding hydrogens is 152 g/mol. The van der Waals surface area contributed by atoms with Gasteiger partial charge in [0.05, 0.1) is 0 Å². The van der Waals surface area contributed by atoms with Gasteiger partial charge in [0.25, 0.3) is 0 Å². The quantitative estimate of drug-likeness (QED) is 0.642. The number of rotatable bonds is 4. The molecule has 66 valence electrons. The van der Waals surface area contributed by atoms with Gasteiger partial charge < -0.3 is 0 Å². The van der Waals surface area contributed by atoms with Gasteiger partial charge in [-0.3, -0.25) is 9.36 Å². The molecule has 0 aromatic carbocycles. The fourth-order valence-corrected chi connectivity index (χ4v) is 1.06. The van der Waals surface area contributed by atoms with Gasteiger partial charge in [-0.05, 0) is 6.42 Å². The topological polar surface area (TPSA) is 34.9 Å². The smallest absolute Gasteiger partial charge is 0.231 e. The molecule has 3 nitrogen and oxygen atoms in total. The molecule has 0 radical (unpaired) electrons. The number of hydrogen-bond donors (Lipinski definition) is 0. The third kappa shape index (κ3) is 2.49. The van der Waals surface area contributed by atoms with Crippen LogP contribution in [-0.4, -0.2) is 15.5 Å². The molecule has 0 aliphatic carbocycles. The number of carbonyl (C=O) groups excluding carboxylic acids is 1. The van der Waals surface area contributed by atoms with E-state index in [4.69, 9.17) is 0 Å². The van der Waals surface area contributed by atoms with E-state index in [1.165, 1.54) is 4.57 Å². The van der Waals surface area contributed by atoms with Crippen molar-refractivity contribution < 1.29 is 4.79 Å². The highest BCUT2D eigenvalue weighted by Gasteiger charge is 2.01. The molecule has 0 saturated carbocycles. The molecule has 0 fully saturated rings. The van der Waals surface area contributed by atoms with Gasteiger partial charge in [-0.25, -0.2) is 4.98 Å². The van der Waals surface area contributed by atoms with Crippen molar-refractivity contribution in [1.82, 2.24) is 9.55 Å². The Hall–Kier alpha value is -1.12. The van der Waals surface area contributed by atoms with E-state index < -0.39 is 0 Å². The van der Waals surface area contributed by atoms with Gasteiger partial charge in [-0.15, -0.1) is 0 Å². The van der Waals surface area contributed by atoms with Crippen LogP contribution in [0.5, 0.6) is 0 Å². The lowest BCUT2D eigenvalue weighted by Crippen LogP contribution is -2.07. The third-order valence-corrected chi connectivity index (χ3v) is 1.79. The van der Waals surface area contributed by atoms with E-state index in [1.54, 1.807) is 18.7 Å². The van der Waals surface area contributed by atoms with Crippen molar-refractivity contribution in [3.63, 3.8) is 0 Å². The van der Waals surface area contributed by atoms with Gasteiger partial charge in [0, 0.05) is 18.8 Å². The Bertz CT molecular complexity index is 229. The van der Waals surface area contributed by atoms with Crippen molar-refractivity contribution in [3.8, 4) is 0 Å². The zero-order valence-electron chi connectivity index (χ0n) is 7.36. The van der Waals surface area contributed by atoms with Crippen molar-refractivity contribution in [2.45, 2.75) is 32.6 Å². The van der Waals surface area contributed by atoms with Crippen LogP contribution in [0.1, 0.15) is 37.4 Å². The molecular formula is C9H14N2O. The van der Waals surface area contributed by atoms with Crippen LogP contribution in [0.4, 0.5) is 0 Å². The fraction of sp³-hybridized carbons (Fsp3) is 0.556. The summed E-state index contributed by atoms with van der Waals surface area (Å²) < 4.78 is 1.54. The Kier molecular flexibility index (Phi) is 3.51. The van der Waals surface area contributed by atoms with Crippen LogP contribution in [0.25, 0.3) is 0 Å². The van der Waals surface area contributed by atoms with Crippen molar-refractivity contribution in [1.29, 1.82) is 0 Å². The zero-order chi connectivity index (χ0) is 8.81. The summed E-state index contributed by atoms with van der Waals surface area (Å²) in [5, 5.41) is 0. The van der Waals surface area contributed by atoms with Crippen LogP contribution >= 0.6 is 0 Å². The second-order valence-corrected chi connectivity index (χ2v) is 2.82. The summed E-state index contributed by atoms with van der Waals surface area (Å²) in [6.07, 6.45) is 8.75. The molecule has 0 unspecified atom stereocenters. The predicted octanol–water partition coefficient (Wildman–Crippen LogP) is 2.10. The second-order valence-electron chi connectivity index (χ2n) is 2.82. The minimum atomic E-state index is 0.140. The van der Waals surface area contributed by atoms with E-state index in [2.05, 4.69) is 11.9 Å². The highest BCUT2D eigenvalue weighted by atomic mass is 16.2. The van der Waals surface area contributed by atoms with Crippen molar-refractivity contribution in [2.24, 2.45) is 0 Å². The molecule has 1 heterocycles. The summed E-state index contributed by atoms with van der Waals surface area (Å²) >= 11 is 0. The van der Waals surface area contributed by atoms with Gasteiger partial charge in [0.15, 0.2) is 0 Å². The Balaban J connectivity index is 2.30. The third-order valence-electron chi connectivity index (χ3n) is 1.79. The Morgan fingerprint density at radius 3 is 2.92 bits per heavy atom. The number of unbranched alkanes of at least 4 members (excludes halogenated alkanes) is 2. The lowest BCUT2D eigenvalue weighted by molar-refractivity contribution is 0.0899. The molecule has 12 heavy (non-hydrogen) atoms. The van der Waals surface area contributed by atoms with Crippen molar-refractivity contribution in [3.05, 3.63) is 18.7 Å². The normalized spacial score (nSPS) is 10.1. The van der Waals surface area contributed by atoms with Crippen LogP contribution in [0.2, 0.25) is 0 Å². The first-order valence-corrected chi connectivity index (χ1v) is 4.35. The second kappa shape index (κ2) is 4.70. The Labute approximate surface area is 72.4 Å². The first-order chi connectivity index (χ1) is 5.84. The van der Waals surface area contributed by atoms with E-state index in [-0.39, 0.29) is 5.91 Å². The van der Waals surface area contributed by atoms with Crippen LogP contribution in [0, 0.1) is 0 Å². The standard InChI is InChI=1S/C9H14N2O/c1-2-3-4-5-9(12)11-7-6-10-8-11/h6-8H,2-5H2,1H3. The molecule has 0 bridgehead atoms. The first-order valence-electron chi connectivity index (χ1n) is 4.35. The monoisotopic (exact) mass is 166 g/mol. The number of imidazole rings is 1. The van der Waals surface area contributed by atoms with Crippen LogP contribution in [-0.2, 0) is 0 Å². The van der Waals surface area contributed by atoms with Crippen LogP contribution in [0.15, 0.2) is 18.7 Å². The number of hydrogen-bond acceptors (Lipinski definition) is 2. The highest BCUT2D eigenvalue weighted by molar-refractivity contribution is 5.78. The molecule has 0 spiro atoms. The molecule has 0 aliphatic heterocycles. The van der Waals surface area contributed by atoms with Gasteiger partial charge in [-0.1, -0.05) is 19.8 Å². The summed E-state index contributed by atoms with van der Waals surface area (Å²) in [4.78, 5) is 15.1.